The second-order valence-electron chi connectivity index (χ2n) is 18.4. The van der Waals surface area contributed by atoms with Crippen molar-refractivity contribution in [3.05, 3.63) is 24.3 Å². The van der Waals surface area contributed by atoms with Crippen LogP contribution in [-0.4, -0.2) is 66.5 Å². The zero-order chi connectivity index (χ0) is 48.4. The Labute approximate surface area is 404 Å². The quantitative estimate of drug-likeness (QED) is 0.0197. The van der Waals surface area contributed by atoms with Crippen LogP contribution in [0.2, 0.25) is 0 Å². The van der Waals surface area contributed by atoms with Crippen LogP contribution in [0.25, 0.3) is 0 Å². The van der Waals surface area contributed by atoms with Crippen molar-refractivity contribution in [2.24, 2.45) is 0 Å². The molecule has 0 saturated carbocycles. The van der Waals surface area contributed by atoms with Crippen molar-refractivity contribution in [1.82, 2.24) is 0 Å². The molecule has 3 unspecified atom stereocenters. The molecule has 0 bridgehead atoms. The number of carbonyl (C=O) groups excluding carboxylic acids is 3. The van der Waals surface area contributed by atoms with Gasteiger partial charge < -0.3 is 24.2 Å². The predicted octanol–water partition coefficient (Wildman–Crippen LogP) is 15.5. The van der Waals surface area contributed by atoms with Gasteiger partial charge in [-0.05, 0) is 64.2 Å². The minimum Gasteiger partial charge on any atom is -0.462 e. The van der Waals surface area contributed by atoms with Gasteiger partial charge in [-0.15, -0.1) is 0 Å². The van der Waals surface area contributed by atoms with Crippen molar-refractivity contribution in [2.45, 2.75) is 277 Å². The van der Waals surface area contributed by atoms with Crippen LogP contribution in [0.3, 0.4) is 0 Å². The fourth-order valence-corrected chi connectivity index (χ4v) is 8.41. The van der Waals surface area contributed by atoms with E-state index >= 15 is 0 Å². The zero-order valence-corrected chi connectivity index (χ0v) is 43.6. The van der Waals surface area contributed by atoms with E-state index in [1.165, 1.54) is 109 Å². The lowest BCUT2D eigenvalue weighted by atomic mass is 10.0. The molecule has 0 aliphatic carbocycles. The predicted molar refractivity (Wildman–Crippen MR) is 270 cm³/mol. The highest BCUT2D eigenvalue weighted by molar-refractivity contribution is 7.47. The number of carbonyl (C=O) groups is 3. The SMILES string of the molecule is CCCC/C=C\CCCCCCCC(=O)OC(CO)COP(=O)(O)OCC(COC(=O)CCCCCCC/C=C\CCCCCCCC)OC(=O)CCCCCCCCCCCCCCC. The van der Waals surface area contributed by atoms with Crippen molar-refractivity contribution >= 4 is 25.7 Å². The Morgan fingerprint density at radius 2 is 0.712 bits per heavy atom. The highest BCUT2D eigenvalue weighted by Crippen LogP contribution is 2.43. The maximum atomic E-state index is 12.8. The molecular weight excluding hydrogens is 856 g/mol. The number of phosphoric acid groups is 1. The van der Waals surface area contributed by atoms with Gasteiger partial charge in [0.1, 0.15) is 12.7 Å². The standard InChI is InChI=1S/C54H101O11P/c1-4-7-10-13-16-19-22-24-25-27-29-31-34-37-40-43-52(56)61-47-51(65-54(58)45-42-39-36-33-30-26-23-20-17-14-11-8-5-2)49-63-66(59,60)62-48-50(46-55)64-53(57)44-41-38-35-32-28-21-18-15-12-9-6-3/h15,18,24-25,50-51,55H,4-14,16-17,19-23,26-49H2,1-3H3,(H,59,60)/b18-15-,25-24-. The normalized spacial score (nSPS) is 13.6. The maximum Gasteiger partial charge on any atom is 0.472 e. The first-order chi connectivity index (χ1) is 32.2. The summed E-state index contributed by atoms with van der Waals surface area (Å²) in [4.78, 5) is 48.3. The summed E-state index contributed by atoms with van der Waals surface area (Å²) in [6, 6.07) is 0. The van der Waals surface area contributed by atoms with E-state index in [0.717, 1.165) is 96.3 Å². The fourth-order valence-electron chi connectivity index (χ4n) is 7.63. The third kappa shape index (κ3) is 47.0. The van der Waals surface area contributed by atoms with Gasteiger partial charge >= 0.3 is 25.7 Å². The monoisotopic (exact) mass is 957 g/mol. The van der Waals surface area contributed by atoms with Gasteiger partial charge in [0.15, 0.2) is 6.10 Å². The van der Waals surface area contributed by atoms with Gasteiger partial charge in [0.25, 0.3) is 0 Å². The van der Waals surface area contributed by atoms with Crippen LogP contribution < -0.4 is 0 Å². The number of esters is 3. The number of aliphatic hydroxyl groups excluding tert-OH is 1. The van der Waals surface area contributed by atoms with Crippen LogP contribution in [0.4, 0.5) is 0 Å². The molecule has 0 heterocycles. The molecule has 0 aromatic carbocycles. The van der Waals surface area contributed by atoms with Gasteiger partial charge in [0.2, 0.25) is 0 Å². The molecule has 11 nitrogen and oxygen atoms in total. The number of allylic oxidation sites excluding steroid dienone is 4. The van der Waals surface area contributed by atoms with Crippen molar-refractivity contribution in [3.8, 4) is 0 Å². The first-order valence-corrected chi connectivity index (χ1v) is 28.7. The molecule has 0 rings (SSSR count). The molecule has 66 heavy (non-hydrogen) atoms. The van der Waals surface area contributed by atoms with Crippen molar-refractivity contribution in [1.29, 1.82) is 0 Å². The molecule has 0 saturated heterocycles. The van der Waals surface area contributed by atoms with Crippen LogP contribution >= 0.6 is 7.82 Å². The molecule has 2 N–H and O–H groups in total. The van der Waals surface area contributed by atoms with Gasteiger partial charge in [0.05, 0.1) is 19.8 Å². The summed E-state index contributed by atoms with van der Waals surface area (Å²) in [5.41, 5.74) is 0. The number of ether oxygens (including phenoxy) is 3. The molecule has 0 fully saturated rings. The van der Waals surface area contributed by atoms with E-state index in [2.05, 4.69) is 45.1 Å². The van der Waals surface area contributed by atoms with E-state index in [1.807, 2.05) is 0 Å². The lowest BCUT2D eigenvalue weighted by Crippen LogP contribution is -2.30. The first-order valence-electron chi connectivity index (χ1n) is 27.2. The van der Waals surface area contributed by atoms with Crippen molar-refractivity contribution < 1.29 is 52.2 Å². The third-order valence-electron chi connectivity index (χ3n) is 11.8. The lowest BCUT2D eigenvalue weighted by Gasteiger charge is -2.21. The van der Waals surface area contributed by atoms with E-state index in [9.17, 15) is 28.9 Å². The topological polar surface area (TPSA) is 155 Å². The molecular formula is C54H101O11P. The Morgan fingerprint density at radius 3 is 1.09 bits per heavy atom. The average molecular weight is 957 g/mol. The maximum absolute atomic E-state index is 12.8. The van der Waals surface area contributed by atoms with Crippen LogP contribution in [0.5, 0.6) is 0 Å². The number of hydrogen-bond acceptors (Lipinski definition) is 10. The summed E-state index contributed by atoms with van der Waals surface area (Å²) in [6.45, 7) is 4.60. The summed E-state index contributed by atoms with van der Waals surface area (Å²) in [6.07, 6.45) is 47.1. The van der Waals surface area contributed by atoms with Crippen LogP contribution in [0.1, 0.15) is 265 Å². The minimum atomic E-state index is -4.74. The molecule has 388 valence electrons. The fraction of sp³-hybridized carbons (Fsp3) is 0.870. The van der Waals surface area contributed by atoms with Gasteiger partial charge in [-0.3, -0.25) is 23.4 Å². The minimum absolute atomic E-state index is 0.170. The smallest absolute Gasteiger partial charge is 0.462 e. The molecule has 3 atom stereocenters. The lowest BCUT2D eigenvalue weighted by molar-refractivity contribution is -0.161. The summed E-state index contributed by atoms with van der Waals surface area (Å²) < 4.78 is 39.4. The molecule has 0 aromatic heterocycles. The number of aliphatic hydroxyl groups is 1. The van der Waals surface area contributed by atoms with Gasteiger partial charge in [-0.2, -0.15) is 0 Å². The van der Waals surface area contributed by atoms with E-state index < -0.39 is 57.8 Å². The summed E-state index contributed by atoms with van der Waals surface area (Å²) in [7, 11) is -4.74. The number of rotatable bonds is 51. The molecule has 0 spiro atoms. The second kappa shape index (κ2) is 49.4. The highest BCUT2D eigenvalue weighted by Gasteiger charge is 2.28. The van der Waals surface area contributed by atoms with E-state index in [4.69, 9.17) is 23.3 Å². The zero-order valence-electron chi connectivity index (χ0n) is 42.7. The first kappa shape index (κ1) is 64.0. The molecule has 0 aliphatic rings. The summed E-state index contributed by atoms with van der Waals surface area (Å²) in [5.74, 6) is -1.47. The Morgan fingerprint density at radius 1 is 0.409 bits per heavy atom. The van der Waals surface area contributed by atoms with Crippen LogP contribution in [0.15, 0.2) is 24.3 Å². The molecule has 0 radical (unpaired) electrons. The molecule has 0 amide bonds. The van der Waals surface area contributed by atoms with E-state index in [1.54, 1.807) is 0 Å². The van der Waals surface area contributed by atoms with Gasteiger partial charge in [0, 0.05) is 19.3 Å². The van der Waals surface area contributed by atoms with Crippen LogP contribution in [-0.2, 0) is 42.2 Å². The van der Waals surface area contributed by atoms with Crippen molar-refractivity contribution in [3.63, 3.8) is 0 Å². The van der Waals surface area contributed by atoms with E-state index in [0.29, 0.717) is 19.3 Å². The van der Waals surface area contributed by atoms with Crippen molar-refractivity contribution in [2.75, 3.05) is 26.4 Å². The van der Waals surface area contributed by atoms with Gasteiger partial charge in [-0.1, -0.05) is 206 Å². The number of hydrogen-bond donors (Lipinski definition) is 2. The molecule has 12 heteroatoms. The second-order valence-corrected chi connectivity index (χ2v) is 19.8. The third-order valence-corrected chi connectivity index (χ3v) is 12.8. The number of phosphoric ester groups is 1. The average Bonchev–Trinajstić information content (AvgIpc) is 3.30. The Balaban J connectivity index is 4.72. The largest absolute Gasteiger partial charge is 0.472 e. The van der Waals surface area contributed by atoms with Gasteiger partial charge in [-0.25, -0.2) is 4.57 Å². The van der Waals surface area contributed by atoms with E-state index in [-0.39, 0.29) is 25.9 Å². The molecule has 0 aromatic rings. The Hall–Kier alpha value is -2.04. The highest BCUT2D eigenvalue weighted by atomic mass is 31.2. The number of unbranched alkanes of at least 4 members (excludes halogenated alkanes) is 30. The Kier molecular flexibility index (Phi) is 47.9. The van der Waals surface area contributed by atoms with Crippen LogP contribution in [0, 0.1) is 0 Å². The summed E-state index contributed by atoms with van der Waals surface area (Å²) in [5, 5.41) is 9.76. The molecule has 0 aliphatic heterocycles. The Bertz CT molecular complexity index is 1210. The summed E-state index contributed by atoms with van der Waals surface area (Å²) >= 11 is 0.